The Balaban J connectivity index is 1.57. The van der Waals surface area contributed by atoms with Crippen LogP contribution < -0.4 is 0 Å². The summed E-state index contributed by atoms with van der Waals surface area (Å²) in [7, 11) is 0. The second-order valence-electron chi connectivity index (χ2n) is 10.5. The maximum Gasteiger partial charge on any atom is 0.302 e. The van der Waals surface area contributed by atoms with Crippen molar-refractivity contribution < 1.29 is 14.3 Å². The van der Waals surface area contributed by atoms with Gasteiger partial charge >= 0.3 is 5.97 Å². The molecule has 7 atom stereocenters. The maximum atomic E-state index is 12.4. The van der Waals surface area contributed by atoms with Crippen molar-refractivity contribution in [2.24, 2.45) is 34.5 Å². The molecule has 27 heavy (non-hydrogen) atoms. The minimum absolute atomic E-state index is 0.106. The van der Waals surface area contributed by atoms with Crippen LogP contribution in [0.3, 0.4) is 0 Å². The summed E-state index contributed by atoms with van der Waals surface area (Å²) < 4.78 is 5.58. The third-order valence-electron chi connectivity index (χ3n) is 9.22. The van der Waals surface area contributed by atoms with Crippen molar-refractivity contribution in [2.75, 3.05) is 0 Å². The van der Waals surface area contributed by atoms with Crippen LogP contribution in [0.25, 0.3) is 0 Å². The normalized spacial score (nSPS) is 46.3. The Morgan fingerprint density at radius 3 is 2.41 bits per heavy atom. The fourth-order valence-electron chi connectivity index (χ4n) is 8.19. The van der Waals surface area contributed by atoms with Gasteiger partial charge in [-0.3, -0.25) is 9.59 Å². The summed E-state index contributed by atoms with van der Waals surface area (Å²) in [6.45, 7) is 10.4. The highest BCUT2D eigenvalue weighted by Gasteiger charge is 2.59. The number of carbonyl (C=O) groups excluding carboxylic acids is 2. The van der Waals surface area contributed by atoms with Gasteiger partial charge in [-0.25, -0.2) is 0 Å². The molecule has 0 saturated heterocycles. The largest absolute Gasteiger partial charge is 0.463 e. The third kappa shape index (κ3) is 2.83. The number of esters is 1. The smallest absolute Gasteiger partial charge is 0.302 e. The summed E-state index contributed by atoms with van der Waals surface area (Å²) in [4.78, 5) is 23.8. The van der Waals surface area contributed by atoms with E-state index >= 15 is 0 Å². The molecule has 0 N–H and O–H groups in total. The first-order chi connectivity index (χ1) is 12.7. The molecule has 0 aromatic carbocycles. The Morgan fingerprint density at radius 2 is 1.74 bits per heavy atom. The lowest BCUT2D eigenvalue weighted by molar-refractivity contribution is -0.159. The molecule has 0 aromatic rings. The first-order valence-electron chi connectivity index (χ1n) is 11.0. The molecule has 150 valence electrons. The van der Waals surface area contributed by atoms with Crippen LogP contribution in [0.15, 0.2) is 11.1 Å². The minimum Gasteiger partial charge on any atom is -0.463 e. The predicted octanol–water partition coefficient (Wildman–Crippen LogP) is 5.48. The first-order valence-corrected chi connectivity index (χ1v) is 11.0. The zero-order valence-corrected chi connectivity index (χ0v) is 17.8. The molecule has 4 aliphatic rings. The minimum atomic E-state index is -0.130. The number of fused-ring (bicyclic) bond motifs is 5. The Bertz CT molecular complexity index is 692. The van der Waals surface area contributed by atoms with Crippen LogP contribution in [0.5, 0.6) is 0 Å². The summed E-state index contributed by atoms with van der Waals surface area (Å²) in [6, 6.07) is 0. The van der Waals surface area contributed by atoms with Crippen molar-refractivity contribution >= 4 is 11.8 Å². The van der Waals surface area contributed by atoms with Crippen LogP contribution in [0.4, 0.5) is 0 Å². The molecule has 0 aliphatic heterocycles. The van der Waals surface area contributed by atoms with Gasteiger partial charge in [-0.05, 0) is 105 Å². The van der Waals surface area contributed by atoms with E-state index in [1.165, 1.54) is 44.6 Å². The summed E-state index contributed by atoms with van der Waals surface area (Å²) >= 11 is 0. The molecule has 4 aliphatic carbocycles. The van der Waals surface area contributed by atoms with Gasteiger partial charge in [0.2, 0.25) is 0 Å². The summed E-state index contributed by atoms with van der Waals surface area (Å²) in [5, 5.41) is 0. The third-order valence-corrected chi connectivity index (χ3v) is 9.22. The Morgan fingerprint density at radius 1 is 1.00 bits per heavy atom. The van der Waals surface area contributed by atoms with E-state index in [1.54, 1.807) is 6.92 Å². The van der Waals surface area contributed by atoms with Gasteiger partial charge in [0.05, 0.1) is 0 Å². The number of ether oxygens (including phenoxy) is 1. The molecule has 0 spiro atoms. The van der Waals surface area contributed by atoms with E-state index in [0.29, 0.717) is 23.0 Å². The molecule has 3 fully saturated rings. The molecule has 0 bridgehead atoms. The second-order valence-corrected chi connectivity index (χ2v) is 10.5. The van der Waals surface area contributed by atoms with Gasteiger partial charge in [0, 0.05) is 6.92 Å². The van der Waals surface area contributed by atoms with Crippen molar-refractivity contribution in [3.8, 4) is 0 Å². The van der Waals surface area contributed by atoms with Crippen LogP contribution >= 0.6 is 0 Å². The van der Waals surface area contributed by atoms with Crippen LogP contribution in [0, 0.1) is 34.5 Å². The van der Waals surface area contributed by atoms with Crippen molar-refractivity contribution in [1.29, 1.82) is 0 Å². The molecule has 3 heteroatoms. The number of Topliss-reactive ketones (excluding diaryl/α,β-unsaturated/α-hetero) is 1. The number of allylic oxidation sites excluding steroid dienone is 2. The highest BCUT2D eigenvalue weighted by molar-refractivity contribution is 5.96. The molecule has 3 saturated carbocycles. The van der Waals surface area contributed by atoms with E-state index in [1.807, 2.05) is 0 Å². The second kappa shape index (κ2) is 6.46. The molecule has 0 unspecified atom stereocenters. The molecule has 0 aromatic heterocycles. The van der Waals surface area contributed by atoms with Crippen molar-refractivity contribution in [3.63, 3.8) is 0 Å². The standard InChI is InChI=1S/C24H36O3/c1-14-12-21-19-7-6-17-13-18(27-16(3)26)8-10-23(17,4)20(19)9-11-24(21,5)22(14)15(2)25/h17-21H,6-13H2,1-5H3/t17-,18-,19+,20-,21-,23-,24-/m0/s1. The molecular formula is C24H36O3. The van der Waals surface area contributed by atoms with Gasteiger partial charge in [0.15, 0.2) is 5.78 Å². The van der Waals surface area contributed by atoms with E-state index in [-0.39, 0.29) is 17.5 Å². The Kier molecular flexibility index (Phi) is 4.59. The molecule has 3 nitrogen and oxygen atoms in total. The average Bonchev–Trinajstić information content (AvgIpc) is 2.85. The van der Waals surface area contributed by atoms with E-state index < -0.39 is 0 Å². The van der Waals surface area contributed by atoms with Gasteiger partial charge < -0.3 is 4.74 Å². The zero-order chi connectivity index (χ0) is 19.6. The molecule has 0 amide bonds. The van der Waals surface area contributed by atoms with Crippen molar-refractivity contribution in [2.45, 2.75) is 92.1 Å². The monoisotopic (exact) mass is 372 g/mol. The topological polar surface area (TPSA) is 43.4 Å². The quantitative estimate of drug-likeness (QED) is 0.603. The highest BCUT2D eigenvalue weighted by Crippen LogP contribution is 2.67. The number of ketones is 1. The fraction of sp³-hybridized carbons (Fsp3) is 0.833. The van der Waals surface area contributed by atoms with Crippen molar-refractivity contribution in [3.05, 3.63) is 11.1 Å². The highest BCUT2D eigenvalue weighted by atomic mass is 16.5. The van der Waals surface area contributed by atoms with E-state index in [4.69, 9.17) is 4.74 Å². The van der Waals surface area contributed by atoms with Gasteiger partial charge in [-0.2, -0.15) is 0 Å². The lowest BCUT2D eigenvalue weighted by atomic mass is 9.44. The average molecular weight is 373 g/mol. The number of hydrogen-bond acceptors (Lipinski definition) is 3. The summed E-state index contributed by atoms with van der Waals surface area (Å²) in [5.74, 6) is 3.03. The predicted molar refractivity (Wildman–Crippen MR) is 106 cm³/mol. The van der Waals surface area contributed by atoms with E-state index in [2.05, 4.69) is 20.8 Å². The van der Waals surface area contributed by atoms with Gasteiger partial charge in [-0.15, -0.1) is 0 Å². The first kappa shape index (κ1) is 19.2. The maximum absolute atomic E-state index is 12.4. The van der Waals surface area contributed by atoms with Gasteiger partial charge in [0.25, 0.3) is 0 Å². The Labute approximate surface area is 164 Å². The van der Waals surface area contributed by atoms with Crippen LogP contribution in [0.1, 0.15) is 86.0 Å². The van der Waals surface area contributed by atoms with Crippen LogP contribution in [0.2, 0.25) is 0 Å². The van der Waals surface area contributed by atoms with E-state index in [9.17, 15) is 9.59 Å². The Hall–Kier alpha value is -1.12. The molecule has 0 radical (unpaired) electrons. The summed E-state index contributed by atoms with van der Waals surface area (Å²) in [6.07, 6.45) is 9.49. The molecule has 4 rings (SSSR count). The number of rotatable bonds is 2. The lowest BCUT2D eigenvalue weighted by Gasteiger charge is -2.60. The van der Waals surface area contributed by atoms with Gasteiger partial charge in [0.1, 0.15) is 6.10 Å². The van der Waals surface area contributed by atoms with Crippen LogP contribution in [-0.2, 0) is 14.3 Å². The number of carbonyl (C=O) groups is 2. The van der Waals surface area contributed by atoms with Gasteiger partial charge in [-0.1, -0.05) is 19.4 Å². The van der Waals surface area contributed by atoms with E-state index in [0.717, 1.165) is 36.7 Å². The van der Waals surface area contributed by atoms with Crippen LogP contribution in [-0.4, -0.2) is 17.9 Å². The fourth-order valence-corrected chi connectivity index (χ4v) is 8.19. The number of hydrogen-bond donors (Lipinski definition) is 0. The molecule has 0 heterocycles. The molecular weight excluding hydrogens is 336 g/mol. The SMILES string of the molecule is CC(=O)O[C@H]1CC[C@@]2(C)[C@@H](CC[C@@H]3[C@@H]2CC[C@]2(C)C(C(C)=O)=C(C)C[C@@H]32)C1. The lowest BCUT2D eigenvalue weighted by Crippen LogP contribution is -2.54. The summed E-state index contributed by atoms with van der Waals surface area (Å²) in [5.41, 5.74) is 3.02. The zero-order valence-electron chi connectivity index (χ0n) is 17.8. The van der Waals surface area contributed by atoms with Crippen molar-refractivity contribution in [1.82, 2.24) is 0 Å².